The molecule has 210 valence electrons. The molecule has 0 aliphatic carbocycles. The Labute approximate surface area is 243 Å². The summed E-state index contributed by atoms with van der Waals surface area (Å²) >= 11 is 0. The molecule has 3 aromatic rings. The fourth-order valence-corrected chi connectivity index (χ4v) is 7.76. The smallest absolute Gasteiger partial charge is 0.210 e. The molecule has 2 aliphatic rings. The summed E-state index contributed by atoms with van der Waals surface area (Å²) in [7, 11) is 2.27. The number of likely N-dealkylation sites (N-methyl/N-ethyl adjacent to an activating group) is 1. The van der Waals surface area contributed by atoms with Gasteiger partial charge in [0.1, 0.15) is 6.54 Å². The molecule has 5 rings (SSSR count). The first-order valence-corrected chi connectivity index (χ1v) is 15.5. The van der Waals surface area contributed by atoms with Crippen LogP contribution in [-0.4, -0.2) is 23.9 Å². The Morgan fingerprint density at radius 2 is 1.55 bits per heavy atom. The lowest BCUT2D eigenvalue weighted by Crippen LogP contribution is -2.33. The first-order chi connectivity index (χ1) is 19.1. The molecule has 0 N–H and O–H groups in total. The van der Waals surface area contributed by atoms with Crippen molar-refractivity contribution < 1.29 is 4.58 Å². The zero-order chi connectivity index (χ0) is 28.7. The number of nitrogens with zero attached hydrogens (tertiary/aromatic N) is 2. The predicted molar refractivity (Wildman–Crippen MR) is 174 cm³/mol. The number of para-hydroxylation sites is 1. The van der Waals surface area contributed by atoms with E-state index in [2.05, 4.69) is 144 Å². The van der Waals surface area contributed by atoms with Crippen LogP contribution >= 0.6 is 0 Å². The lowest BCUT2D eigenvalue weighted by Gasteiger charge is -2.36. The van der Waals surface area contributed by atoms with Gasteiger partial charge in [-0.3, -0.25) is 0 Å². The molecular formula is C38H49N2+. The van der Waals surface area contributed by atoms with E-state index in [0.717, 1.165) is 19.4 Å². The van der Waals surface area contributed by atoms with Crippen LogP contribution in [0.15, 0.2) is 84.6 Å². The second-order valence-electron chi connectivity index (χ2n) is 13.5. The number of hydrogen-bond acceptors (Lipinski definition) is 1. The van der Waals surface area contributed by atoms with Crippen LogP contribution in [0.4, 0.5) is 11.4 Å². The molecule has 0 bridgehead atoms. The zero-order valence-electron chi connectivity index (χ0n) is 26.1. The quantitative estimate of drug-likeness (QED) is 0.248. The molecule has 0 spiro atoms. The van der Waals surface area contributed by atoms with Crippen molar-refractivity contribution in [2.75, 3.05) is 18.5 Å². The molecule has 2 heteroatoms. The Bertz CT molecular complexity index is 1470. The van der Waals surface area contributed by atoms with Crippen molar-refractivity contribution in [3.63, 3.8) is 0 Å². The topological polar surface area (TPSA) is 6.25 Å². The average Bonchev–Trinajstić information content (AvgIpc) is 3.27. The molecule has 2 heterocycles. The Hall–Kier alpha value is -3.13. The third-order valence-electron chi connectivity index (χ3n) is 9.14. The molecule has 2 nitrogen and oxygen atoms in total. The van der Waals surface area contributed by atoms with Gasteiger partial charge in [-0.2, -0.15) is 4.58 Å². The molecule has 2 aliphatic heterocycles. The average molecular weight is 534 g/mol. The standard InChI is InChI=1S/C38H49N2/c1-9-10-24-40-33-23-22-29-16-11-12-17-30(29)36(33)37(6,7)34(40)20-15-21-35-38(25-27(2)3,26-28(4)5)31-18-13-14-19-32(31)39(35)8/h11-23,27-28H,9-10,24-26H2,1-8H3/q+1. The Balaban J connectivity index is 1.63. The maximum absolute atomic E-state index is 2.60. The van der Waals surface area contributed by atoms with E-state index in [1.165, 1.54) is 57.5 Å². The molecular weight excluding hydrogens is 484 g/mol. The van der Waals surface area contributed by atoms with Crippen molar-refractivity contribution in [2.45, 2.75) is 85.0 Å². The zero-order valence-corrected chi connectivity index (χ0v) is 26.1. The third kappa shape index (κ3) is 4.74. The van der Waals surface area contributed by atoms with Crippen molar-refractivity contribution in [2.24, 2.45) is 11.8 Å². The molecule has 0 atom stereocenters. The first kappa shape index (κ1) is 28.4. The van der Waals surface area contributed by atoms with Gasteiger partial charge >= 0.3 is 0 Å². The monoisotopic (exact) mass is 533 g/mol. The van der Waals surface area contributed by atoms with E-state index in [0.29, 0.717) is 11.8 Å². The van der Waals surface area contributed by atoms with E-state index >= 15 is 0 Å². The largest absolute Gasteiger partial charge is 0.347 e. The molecule has 0 radical (unpaired) electrons. The second-order valence-corrected chi connectivity index (χ2v) is 13.5. The lowest BCUT2D eigenvalue weighted by atomic mass is 9.68. The number of anilines is 1. The van der Waals surface area contributed by atoms with Crippen LogP contribution in [0, 0.1) is 11.8 Å². The van der Waals surface area contributed by atoms with Gasteiger partial charge in [0.25, 0.3) is 0 Å². The molecule has 0 saturated carbocycles. The predicted octanol–water partition coefficient (Wildman–Crippen LogP) is 9.94. The Morgan fingerprint density at radius 3 is 2.25 bits per heavy atom. The Kier molecular flexibility index (Phi) is 7.83. The minimum atomic E-state index is -0.0730. The van der Waals surface area contributed by atoms with Gasteiger partial charge in [-0.25, -0.2) is 0 Å². The number of unbranched alkanes of at least 4 members (excludes halogenated alkanes) is 1. The summed E-state index contributed by atoms with van der Waals surface area (Å²) in [6.45, 7) is 17.7. The maximum Gasteiger partial charge on any atom is 0.210 e. The fourth-order valence-electron chi connectivity index (χ4n) is 7.76. The van der Waals surface area contributed by atoms with Gasteiger partial charge in [0.2, 0.25) is 5.69 Å². The summed E-state index contributed by atoms with van der Waals surface area (Å²) in [5.74, 6) is 1.22. The van der Waals surface area contributed by atoms with Crippen molar-refractivity contribution in [3.05, 3.63) is 95.7 Å². The van der Waals surface area contributed by atoms with Gasteiger partial charge in [-0.1, -0.05) is 89.6 Å². The van der Waals surface area contributed by atoms with E-state index in [-0.39, 0.29) is 10.8 Å². The van der Waals surface area contributed by atoms with Crippen molar-refractivity contribution in [1.29, 1.82) is 0 Å². The van der Waals surface area contributed by atoms with Gasteiger partial charge in [0.05, 0.1) is 5.41 Å². The minimum Gasteiger partial charge on any atom is -0.347 e. The summed E-state index contributed by atoms with van der Waals surface area (Å²) in [5, 5.41) is 2.71. The van der Waals surface area contributed by atoms with Crippen molar-refractivity contribution in [1.82, 2.24) is 0 Å². The molecule has 40 heavy (non-hydrogen) atoms. The molecule has 0 fully saturated rings. The number of allylic oxidation sites excluding steroid dienone is 4. The maximum atomic E-state index is 2.60. The van der Waals surface area contributed by atoms with Crippen LogP contribution in [0.1, 0.15) is 85.3 Å². The highest BCUT2D eigenvalue weighted by atomic mass is 15.2. The van der Waals surface area contributed by atoms with Gasteiger partial charge < -0.3 is 4.90 Å². The molecule has 3 aromatic carbocycles. The van der Waals surface area contributed by atoms with Crippen molar-refractivity contribution >= 4 is 27.9 Å². The molecule has 0 aromatic heterocycles. The van der Waals surface area contributed by atoms with Gasteiger partial charge in [-0.15, -0.1) is 0 Å². The molecule has 0 saturated heterocycles. The highest BCUT2D eigenvalue weighted by molar-refractivity contribution is 6.07. The lowest BCUT2D eigenvalue weighted by molar-refractivity contribution is -0.438. The summed E-state index contributed by atoms with van der Waals surface area (Å²) in [6, 6.07) is 22.6. The second kappa shape index (κ2) is 11.0. The van der Waals surface area contributed by atoms with E-state index in [9.17, 15) is 0 Å². The van der Waals surface area contributed by atoms with Gasteiger partial charge in [-0.05, 0) is 73.1 Å². The summed E-state index contributed by atoms with van der Waals surface area (Å²) in [4.78, 5) is 2.46. The number of hydrogen-bond donors (Lipinski definition) is 0. The van der Waals surface area contributed by atoms with Crippen LogP contribution in [0.5, 0.6) is 0 Å². The minimum absolute atomic E-state index is 0.0366. The van der Waals surface area contributed by atoms with Crippen molar-refractivity contribution in [3.8, 4) is 0 Å². The highest BCUT2D eigenvalue weighted by Crippen LogP contribution is 2.54. The third-order valence-corrected chi connectivity index (χ3v) is 9.14. The summed E-state index contributed by atoms with van der Waals surface area (Å²) in [6.07, 6.45) is 11.9. The number of benzene rings is 3. The molecule has 0 amide bonds. The normalized spacial score (nSPS) is 18.6. The Morgan fingerprint density at radius 1 is 0.875 bits per heavy atom. The van der Waals surface area contributed by atoms with Crippen LogP contribution < -0.4 is 4.90 Å². The molecule has 0 unspecified atom stereocenters. The SMILES string of the molecule is CCCC[N+]1=C(/C=C/C=C2\N(C)c3ccccc3C2(CC(C)C)CC(C)C)C(C)(C)c2c1ccc1ccccc21. The van der Waals surface area contributed by atoms with E-state index < -0.39 is 0 Å². The van der Waals surface area contributed by atoms with Crippen LogP contribution in [-0.2, 0) is 10.8 Å². The van der Waals surface area contributed by atoms with E-state index in [1.807, 2.05) is 0 Å². The van der Waals surface area contributed by atoms with Gasteiger partial charge in [0, 0.05) is 48.0 Å². The van der Waals surface area contributed by atoms with Crippen LogP contribution in [0.2, 0.25) is 0 Å². The van der Waals surface area contributed by atoms with Crippen LogP contribution in [0.25, 0.3) is 10.8 Å². The number of rotatable bonds is 9. The summed E-state index contributed by atoms with van der Waals surface area (Å²) < 4.78 is 2.60. The van der Waals surface area contributed by atoms with Crippen LogP contribution in [0.3, 0.4) is 0 Å². The van der Waals surface area contributed by atoms with Gasteiger partial charge in [0.15, 0.2) is 5.71 Å². The first-order valence-electron chi connectivity index (χ1n) is 15.5. The fraction of sp³-hybridized carbons (Fsp3) is 0.447. The highest BCUT2D eigenvalue weighted by Gasteiger charge is 2.47. The summed E-state index contributed by atoms with van der Waals surface area (Å²) in [5.41, 5.74) is 8.51. The number of fused-ring (bicyclic) bond motifs is 4. The van der Waals surface area contributed by atoms with E-state index in [1.54, 1.807) is 0 Å². The van der Waals surface area contributed by atoms with E-state index in [4.69, 9.17) is 0 Å².